The van der Waals surface area contributed by atoms with Gasteiger partial charge < -0.3 is 20.4 Å². The topological polar surface area (TPSA) is 88.6 Å². The van der Waals surface area contributed by atoms with Crippen molar-refractivity contribution in [2.75, 3.05) is 6.54 Å². The predicted molar refractivity (Wildman–Crippen MR) is 93.7 cm³/mol. The Kier molecular flexibility index (Phi) is 5.07. The number of rotatable bonds is 5. The third-order valence-corrected chi connectivity index (χ3v) is 4.70. The van der Waals surface area contributed by atoms with E-state index >= 15 is 0 Å². The average molecular weight is 341 g/mol. The molecular formula is C19H23N3O3. The molecule has 1 aromatic heterocycles. The smallest absolute Gasteiger partial charge is 0.312 e. The third kappa shape index (κ3) is 3.84. The number of carbonyl (C=O) groups is 2. The minimum atomic E-state index is -0.675. The first-order valence-electron chi connectivity index (χ1n) is 8.50. The summed E-state index contributed by atoms with van der Waals surface area (Å²) in [5.74, 6) is 0.514. The van der Waals surface area contributed by atoms with Gasteiger partial charge in [-0.2, -0.15) is 0 Å². The van der Waals surface area contributed by atoms with Gasteiger partial charge in [-0.15, -0.1) is 0 Å². The predicted octanol–water partition coefficient (Wildman–Crippen LogP) is 3.05. The van der Waals surface area contributed by atoms with Gasteiger partial charge in [0.05, 0.1) is 24.8 Å². The van der Waals surface area contributed by atoms with Crippen LogP contribution in [0.3, 0.4) is 0 Å². The molecule has 6 heteroatoms. The zero-order valence-corrected chi connectivity index (χ0v) is 14.3. The number of hydrogen-bond acceptors (Lipinski definition) is 3. The molecule has 3 rings (SSSR count). The van der Waals surface area contributed by atoms with E-state index in [0.717, 1.165) is 19.4 Å². The van der Waals surface area contributed by atoms with Crippen molar-refractivity contribution in [3.8, 4) is 0 Å². The van der Waals surface area contributed by atoms with Gasteiger partial charge in [0.2, 0.25) is 5.91 Å². The Balaban J connectivity index is 1.76. The molecular weight excluding hydrogens is 318 g/mol. The molecule has 0 aliphatic carbocycles. The molecule has 0 saturated carbocycles. The maximum atomic E-state index is 12.9. The number of amides is 3. The van der Waals surface area contributed by atoms with Gasteiger partial charge in [0.15, 0.2) is 0 Å². The van der Waals surface area contributed by atoms with Crippen molar-refractivity contribution < 1.29 is 14.0 Å². The normalized spacial score (nSPS) is 18.1. The molecule has 0 spiro atoms. The second-order valence-electron chi connectivity index (χ2n) is 6.38. The van der Waals surface area contributed by atoms with E-state index in [-0.39, 0.29) is 18.4 Å². The number of nitrogens with two attached hydrogens (primary N) is 1. The summed E-state index contributed by atoms with van der Waals surface area (Å²) in [5, 5.41) is 2.60. The van der Waals surface area contributed by atoms with Crippen molar-refractivity contribution in [3.63, 3.8) is 0 Å². The van der Waals surface area contributed by atoms with Crippen LogP contribution in [0.5, 0.6) is 0 Å². The maximum absolute atomic E-state index is 12.9. The fourth-order valence-corrected chi connectivity index (χ4v) is 3.53. The molecule has 25 heavy (non-hydrogen) atoms. The summed E-state index contributed by atoms with van der Waals surface area (Å²) in [5.41, 5.74) is 7.62. The summed E-state index contributed by atoms with van der Waals surface area (Å²) in [6.07, 6.45) is 3.56. The van der Waals surface area contributed by atoms with Crippen LogP contribution in [-0.2, 0) is 4.79 Å². The number of nitrogens with one attached hydrogen (secondary N) is 1. The fraction of sp³-hybridized carbons (Fsp3) is 0.368. The zero-order valence-electron chi connectivity index (χ0n) is 14.3. The first-order chi connectivity index (χ1) is 12.1. The van der Waals surface area contributed by atoms with Crippen LogP contribution in [0.1, 0.15) is 48.2 Å². The largest absolute Gasteiger partial charge is 0.467 e. The number of primary amides is 1. The summed E-state index contributed by atoms with van der Waals surface area (Å²) in [4.78, 5) is 26.1. The number of carbonyl (C=O) groups excluding carboxylic acids is 2. The van der Waals surface area contributed by atoms with Crippen LogP contribution < -0.4 is 11.1 Å². The van der Waals surface area contributed by atoms with E-state index in [2.05, 4.69) is 24.4 Å². The Morgan fingerprint density at radius 2 is 2.12 bits per heavy atom. The molecule has 3 amide bonds. The molecule has 3 N–H and O–H groups in total. The first-order valence-corrected chi connectivity index (χ1v) is 8.50. The number of hydrogen-bond donors (Lipinski definition) is 2. The quantitative estimate of drug-likeness (QED) is 0.876. The van der Waals surface area contributed by atoms with E-state index in [0.29, 0.717) is 5.76 Å². The molecule has 0 radical (unpaired) electrons. The number of nitrogens with zero attached hydrogens (tertiary/aromatic N) is 1. The summed E-state index contributed by atoms with van der Waals surface area (Å²) in [6.45, 7) is 2.79. The minimum Gasteiger partial charge on any atom is -0.467 e. The summed E-state index contributed by atoms with van der Waals surface area (Å²) < 4.78 is 5.35. The number of benzene rings is 1. The second-order valence-corrected chi connectivity index (χ2v) is 6.38. The van der Waals surface area contributed by atoms with Gasteiger partial charge in [-0.25, -0.2) is 4.79 Å². The summed E-state index contributed by atoms with van der Waals surface area (Å²) >= 11 is 0. The lowest BCUT2D eigenvalue weighted by atomic mass is 9.99. The van der Waals surface area contributed by atoms with Gasteiger partial charge in [-0.1, -0.05) is 24.3 Å². The molecule has 6 nitrogen and oxygen atoms in total. The molecule has 132 valence electrons. The highest BCUT2D eigenvalue weighted by molar-refractivity contribution is 5.79. The van der Waals surface area contributed by atoms with Crippen LogP contribution in [-0.4, -0.2) is 23.4 Å². The molecule has 2 unspecified atom stereocenters. The van der Waals surface area contributed by atoms with E-state index in [1.807, 2.05) is 17.0 Å². The van der Waals surface area contributed by atoms with Crippen molar-refractivity contribution in [1.29, 1.82) is 0 Å². The Bertz CT molecular complexity index is 742. The summed E-state index contributed by atoms with van der Waals surface area (Å²) in [6, 6.07) is 10.5. The monoisotopic (exact) mass is 341 g/mol. The lowest BCUT2D eigenvalue weighted by Crippen LogP contribution is -2.38. The molecule has 1 aromatic carbocycles. The number of likely N-dealkylation sites (tertiary alicyclic amines) is 1. The Morgan fingerprint density at radius 1 is 1.32 bits per heavy atom. The standard InChI is InChI=1S/C19H23N3O3/c1-13-6-2-3-7-14(13)16-8-4-10-22(16)18(23)12-15(21-19(20)24)17-9-5-11-25-17/h2-3,5-7,9,11,15-16H,4,8,10,12H2,1H3,(H3,20,21,24). The molecule has 1 fully saturated rings. The van der Waals surface area contributed by atoms with Gasteiger partial charge >= 0.3 is 6.03 Å². The van der Waals surface area contributed by atoms with Crippen LogP contribution in [0.25, 0.3) is 0 Å². The lowest BCUT2D eigenvalue weighted by Gasteiger charge is -2.28. The van der Waals surface area contributed by atoms with Crippen molar-refractivity contribution in [1.82, 2.24) is 10.2 Å². The third-order valence-electron chi connectivity index (χ3n) is 4.70. The minimum absolute atomic E-state index is 0.0131. The van der Waals surface area contributed by atoms with Gasteiger partial charge in [0.25, 0.3) is 0 Å². The SMILES string of the molecule is Cc1ccccc1C1CCCN1C(=O)CC(NC(N)=O)c1ccco1. The highest BCUT2D eigenvalue weighted by Gasteiger charge is 2.32. The molecule has 1 aliphatic rings. The number of aryl methyl sites for hydroxylation is 1. The zero-order chi connectivity index (χ0) is 17.8. The second kappa shape index (κ2) is 7.42. The van der Waals surface area contributed by atoms with Crippen LogP contribution in [0.2, 0.25) is 0 Å². The molecule has 1 saturated heterocycles. The van der Waals surface area contributed by atoms with E-state index in [4.69, 9.17) is 10.2 Å². The average Bonchev–Trinajstić information content (AvgIpc) is 3.26. The Hall–Kier alpha value is -2.76. The maximum Gasteiger partial charge on any atom is 0.312 e. The number of urea groups is 1. The Labute approximate surface area is 147 Å². The van der Waals surface area contributed by atoms with Crippen molar-refractivity contribution >= 4 is 11.9 Å². The van der Waals surface area contributed by atoms with Crippen LogP contribution in [0, 0.1) is 6.92 Å². The molecule has 0 bridgehead atoms. The van der Waals surface area contributed by atoms with Crippen molar-refractivity contribution in [2.24, 2.45) is 5.73 Å². The number of furan rings is 1. The molecule has 2 aromatic rings. The van der Waals surface area contributed by atoms with E-state index in [1.165, 1.54) is 17.4 Å². The van der Waals surface area contributed by atoms with Crippen LogP contribution in [0.15, 0.2) is 47.1 Å². The highest BCUT2D eigenvalue weighted by atomic mass is 16.3. The van der Waals surface area contributed by atoms with Crippen LogP contribution in [0.4, 0.5) is 4.79 Å². The van der Waals surface area contributed by atoms with Gasteiger partial charge in [-0.05, 0) is 43.0 Å². The highest BCUT2D eigenvalue weighted by Crippen LogP contribution is 2.35. The van der Waals surface area contributed by atoms with Crippen molar-refractivity contribution in [2.45, 2.75) is 38.3 Å². The molecule has 2 heterocycles. The molecule has 2 atom stereocenters. The lowest BCUT2D eigenvalue weighted by molar-refractivity contribution is -0.132. The molecule has 1 aliphatic heterocycles. The van der Waals surface area contributed by atoms with E-state index in [1.54, 1.807) is 12.1 Å². The summed E-state index contributed by atoms with van der Waals surface area (Å²) in [7, 11) is 0. The van der Waals surface area contributed by atoms with Gasteiger partial charge in [0, 0.05) is 6.54 Å². The van der Waals surface area contributed by atoms with Crippen LogP contribution >= 0.6 is 0 Å². The fourth-order valence-electron chi connectivity index (χ4n) is 3.53. The first kappa shape index (κ1) is 17.1. The van der Waals surface area contributed by atoms with E-state index in [9.17, 15) is 9.59 Å². The van der Waals surface area contributed by atoms with E-state index < -0.39 is 12.1 Å². The van der Waals surface area contributed by atoms with Crippen molar-refractivity contribution in [3.05, 3.63) is 59.5 Å². The van der Waals surface area contributed by atoms with Gasteiger partial charge in [0.1, 0.15) is 5.76 Å². The Morgan fingerprint density at radius 3 is 2.80 bits per heavy atom. The van der Waals surface area contributed by atoms with Gasteiger partial charge in [-0.3, -0.25) is 4.79 Å².